The molecule has 0 aliphatic carbocycles. The largest absolute Gasteiger partial charge is 0.339 e. The Balaban J connectivity index is 2.18. The molecular weight excluding hydrogens is 282 g/mol. The van der Waals surface area contributed by atoms with Gasteiger partial charge in [0.25, 0.3) is 5.91 Å². The number of carbonyl (C=O) groups excluding carboxylic acids is 2. The van der Waals surface area contributed by atoms with E-state index < -0.39 is 6.04 Å². The second kappa shape index (κ2) is 6.34. The van der Waals surface area contributed by atoms with Crippen LogP contribution in [0.5, 0.6) is 0 Å². The predicted octanol–water partition coefficient (Wildman–Crippen LogP) is 1.01. The van der Waals surface area contributed by atoms with Crippen molar-refractivity contribution in [1.82, 2.24) is 14.8 Å². The molecule has 1 aliphatic rings. The summed E-state index contributed by atoms with van der Waals surface area (Å²) in [7, 11) is 0. The second-order valence-electron chi connectivity index (χ2n) is 6.27. The van der Waals surface area contributed by atoms with E-state index in [2.05, 4.69) is 18.8 Å². The SMILES string of the molecule is Cc1cc(C(=O)N2CCN(CC(C)C)C(=O)C2C)cc(=O)[nH]1. The maximum atomic E-state index is 12.6. The molecule has 1 N–H and O–H groups in total. The van der Waals surface area contributed by atoms with E-state index in [4.69, 9.17) is 0 Å². The molecule has 6 heteroatoms. The van der Waals surface area contributed by atoms with Crippen LogP contribution in [0, 0.1) is 12.8 Å². The number of rotatable bonds is 3. The first-order valence-electron chi connectivity index (χ1n) is 7.60. The first-order chi connectivity index (χ1) is 10.3. The molecule has 1 aliphatic heterocycles. The maximum Gasteiger partial charge on any atom is 0.254 e. The lowest BCUT2D eigenvalue weighted by Gasteiger charge is -2.39. The van der Waals surface area contributed by atoms with Gasteiger partial charge in [0.1, 0.15) is 6.04 Å². The Morgan fingerprint density at radius 2 is 2.00 bits per heavy atom. The van der Waals surface area contributed by atoms with Gasteiger partial charge >= 0.3 is 0 Å². The highest BCUT2D eigenvalue weighted by molar-refractivity contribution is 5.98. The van der Waals surface area contributed by atoms with Crippen molar-refractivity contribution in [3.63, 3.8) is 0 Å². The molecule has 0 radical (unpaired) electrons. The van der Waals surface area contributed by atoms with Crippen molar-refractivity contribution in [2.45, 2.75) is 33.7 Å². The lowest BCUT2D eigenvalue weighted by atomic mass is 10.1. The van der Waals surface area contributed by atoms with Gasteiger partial charge in [0.05, 0.1) is 0 Å². The Labute approximate surface area is 130 Å². The fourth-order valence-corrected chi connectivity index (χ4v) is 2.80. The van der Waals surface area contributed by atoms with E-state index >= 15 is 0 Å². The molecule has 1 aromatic rings. The number of hydrogen-bond acceptors (Lipinski definition) is 3. The number of pyridine rings is 1. The van der Waals surface area contributed by atoms with Gasteiger partial charge < -0.3 is 14.8 Å². The van der Waals surface area contributed by atoms with Gasteiger partial charge in [-0.3, -0.25) is 14.4 Å². The van der Waals surface area contributed by atoms with Crippen LogP contribution in [-0.2, 0) is 4.79 Å². The number of aryl methyl sites for hydroxylation is 1. The van der Waals surface area contributed by atoms with E-state index in [1.807, 2.05) is 4.90 Å². The average Bonchev–Trinajstić information content (AvgIpc) is 2.42. The minimum atomic E-state index is -0.500. The number of aromatic nitrogens is 1. The van der Waals surface area contributed by atoms with Crippen LogP contribution in [0.3, 0.4) is 0 Å². The molecule has 1 aromatic heterocycles. The van der Waals surface area contributed by atoms with E-state index in [1.165, 1.54) is 6.07 Å². The number of hydrogen-bond donors (Lipinski definition) is 1. The molecule has 1 unspecified atom stereocenters. The molecule has 120 valence electrons. The summed E-state index contributed by atoms with van der Waals surface area (Å²) in [5.41, 5.74) is 0.659. The number of carbonyl (C=O) groups is 2. The molecule has 2 amide bonds. The van der Waals surface area contributed by atoms with E-state index in [0.717, 1.165) is 0 Å². The molecule has 0 saturated carbocycles. The van der Waals surface area contributed by atoms with Crippen LogP contribution in [0.25, 0.3) is 0 Å². The quantitative estimate of drug-likeness (QED) is 0.906. The minimum Gasteiger partial charge on any atom is -0.339 e. The molecule has 1 saturated heterocycles. The number of H-pyrrole nitrogens is 1. The van der Waals surface area contributed by atoms with Gasteiger partial charge in [0.15, 0.2) is 0 Å². The van der Waals surface area contributed by atoms with Gasteiger partial charge in [0.2, 0.25) is 11.5 Å². The Hall–Kier alpha value is -2.11. The summed E-state index contributed by atoms with van der Waals surface area (Å²) in [6.07, 6.45) is 0. The molecule has 0 aromatic carbocycles. The third kappa shape index (κ3) is 3.37. The highest BCUT2D eigenvalue weighted by Gasteiger charge is 2.34. The number of aromatic amines is 1. The summed E-state index contributed by atoms with van der Waals surface area (Å²) in [5.74, 6) is 0.0999. The Morgan fingerprint density at radius 1 is 1.32 bits per heavy atom. The van der Waals surface area contributed by atoms with Crippen molar-refractivity contribution in [2.24, 2.45) is 5.92 Å². The Morgan fingerprint density at radius 3 is 2.59 bits per heavy atom. The second-order valence-corrected chi connectivity index (χ2v) is 6.27. The highest BCUT2D eigenvalue weighted by Crippen LogP contribution is 2.16. The topological polar surface area (TPSA) is 73.5 Å². The van der Waals surface area contributed by atoms with Crippen molar-refractivity contribution < 1.29 is 9.59 Å². The third-order valence-electron chi connectivity index (χ3n) is 3.82. The molecule has 6 nitrogen and oxygen atoms in total. The molecule has 0 spiro atoms. The van der Waals surface area contributed by atoms with Crippen LogP contribution in [-0.4, -0.2) is 52.3 Å². The summed E-state index contributed by atoms with van der Waals surface area (Å²) in [6, 6.07) is 2.42. The Kier molecular flexibility index (Phi) is 4.68. The van der Waals surface area contributed by atoms with Gasteiger partial charge in [-0.05, 0) is 25.8 Å². The molecular formula is C16H23N3O3. The lowest BCUT2D eigenvalue weighted by molar-refractivity contribution is -0.140. The van der Waals surface area contributed by atoms with E-state index in [0.29, 0.717) is 36.8 Å². The minimum absolute atomic E-state index is 0.0325. The first-order valence-corrected chi connectivity index (χ1v) is 7.60. The number of piperazine rings is 1. The van der Waals surface area contributed by atoms with Crippen molar-refractivity contribution in [3.05, 3.63) is 33.7 Å². The predicted molar refractivity (Wildman–Crippen MR) is 83.7 cm³/mol. The number of nitrogens with zero attached hydrogens (tertiary/aromatic N) is 2. The van der Waals surface area contributed by atoms with Gasteiger partial charge in [-0.2, -0.15) is 0 Å². The molecule has 1 fully saturated rings. The monoisotopic (exact) mass is 305 g/mol. The van der Waals surface area contributed by atoms with Gasteiger partial charge in [-0.25, -0.2) is 0 Å². The zero-order valence-corrected chi connectivity index (χ0v) is 13.5. The number of amides is 2. The summed E-state index contributed by atoms with van der Waals surface area (Å²) >= 11 is 0. The van der Waals surface area contributed by atoms with E-state index in [9.17, 15) is 14.4 Å². The van der Waals surface area contributed by atoms with Crippen LogP contribution < -0.4 is 5.56 Å². The summed E-state index contributed by atoms with van der Waals surface area (Å²) in [4.78, 5) is 42.5. The molecule has 2 heterocycles. The third-order valence-corrected chi connectivity index (χ3v) is 3.82. The van der Waals surface area contributed by atoms with Gasteiger partial charge in [0, 0.05) is 37.0 Å². The van der Waals surface area contributed by atoms with Crippen LogP contribution in [0.1, 0.15) is 36.8 Å². The molecule has 22 heavy (non-hydrogen) atoms. The fraction of sp³-hybridized carbons (Fsp3) is 0.562. The molecule has 1 atom stereocenters. The smallest absolute Gasteiger partial charge is 0.254 e. The summed E-state index contributed by atoms with van der Waals surface area (Å²) < 4.78 is 0. The van der Waals surface area contributed by atoms with Gasteiger partial charge in [-0.1, -0.05) is 13.8 Å². The highest BCUT2D eigenvalue weighted by atomic mass is 16.2. The van der Waals surface area contributed by atoms with Crippen molar-refractivity contribution in [1.29, 1.82) is 0 Å². The van der Waals surface area contributed by atoms with E-state index in [1.54, 1.807) is 24.8 Å². The lowest BCUT2D eigenvalue weighted by Crippen LogP contribution is -2.58. The Bertz CT molecular complexity index is 636. The van der Waals surface area contributed by atoms with Crippen molar-refractivity contribution in [3.8, 4) is 0 Å². The van der Waals surface area contributed by atoms with Crippen LogP contribution >= 0.6 is 0 Å². The number of nitrogens with one attached hydrogen (secondary N) is 1. The van der Waals surface area contributed by atoms with Crippen LogP contribution in [0.2, 0.25) is 0 Å². The van der Waals surface area contributed by atoms with Crippen LogP contribution in [0.4, 0.5) is 0 Å². The fourth-order valence-electron chi connectivity index (χ4n) is 2.80. The zero-order valence-electron chi connectivity index (χ0n) is 13.5. The zero-order chi connectivity index (χ0) is 16.4. The van der Waals surface area contributed by atoms with Crippen LogP contribution in [0.15, 0.2) is 16.9 Å². The maximum absolute atomic E-state index is 12.6. The van der Waals surface area contributed by atoms with E-state index in [-0.39, 0.29) is 17.4 Å². The first kappa shape index (κ1) is 16.3. The standard InChI is InChI=1S/C16H23N3O3/c1-10(2)9-18-5-6-19(12(4)15(18)21)16(22)13-7-11(3)17-14(20)8-13/h7-8,10,12H,5-6,9H2,1-4H3,(H,17,20). The van der Waals surface area contributed by atoms with Crippen molar-refractivity contribution >= 4 is 11.8 Å². The summed E-state index contributed by atoms with van der Waals surface area (Å²) in [6.45, 7) is 9.33. The normalized spacial score (nSPS) is 19.0. The average molecular weight is 305 g/mol. The molecule has 2 rings (SSSR count). The molecule has 0 bridgehead atoms. The van der Waals surface area contributed by atoms with Crippen molar-refractivity contribution in [2.75, 3.05) is 19.6 Å². The van der Waals surface area contributed by atoms with Gasteiger partial charge in [-0.15, -0.1) is 0 Å². The summed E-state index contributed by atoms with van der Waals surface area (Å²) in [5, 5.41) is 0.